The van der Waals surface area contributed by atoms with Crippen molar-refractivity contribution < 1.29 is 9.59 Å². The van der Waals surface area contributed by atoms with E-state index in [1.54, 1.807) is 12.1 Å². The Morgan fingerprint density at radius 3 is 2.85 bits per heavy atom. The van der Waals surface area contributed by atoms with Crippen LogP contribution in [0.1, 0.15) is 30.1 Å². The van der Waals surface area contributed by atoms with E-state index in [9.17, 15) is 9.59 Å². The quantitative estimate of drug-likeness (QED) is 0.794. The van der Waals surface area contributed by atoms with Crippen LogP contribution in [0.5, 0.6) is 0 Å². The van der Waals surface area contributed by atoms with Gasteiger partial charge < -0.3 is 16.4 Å². The summed E-state index contributed by atoms with van der Waals surface area (Å²) in [6, 6.07) is 4.49. The van der Waals surface area contributed by atoms with E-state index < -0.39 is 5.91 Å². The molecule has 1 saturated heterocycles. The van der Waals surface area contributed by atoms with Crippen LogP contribution >= 0.6 is 11.6 Å². The van der Waals surface area contributed by atoms with E-state index in [4.69, 9.17) is 17.3 Å². The standard InChI is InChI=1S/C14H18ClN3O2/c1-8-3-2-6-17-12(8)14(20)18-9-4-5-11(15)10(7-9)13(16)19/h4-5,7-8,12,17H,2-3,6H2,1H3,(H2,16,19)(H,18,20). The van der Waals surface area contributed by atoms with Crippen molar-refractivity contribution >= 4 is 29.1 Å². The molecule has 2 unspecified atom stereocenters. The zero-order valence-corrected chi connectivity index (χ0v) is 12.0. The van der Waals surface area contributed by atoms with E-state index in [1.165, 1.54) is 6.07 Å². The fourth-order valence-corrected chi connectivity index (χ4v) is 2.62. The van der Waals surface area contributed by atoms with Crippen LogP contribution in [0.3, 0.4) is 0 Å². The molecule has 0 radical (unpaired) electrons. The first-order valence-electron chi connectivity index (χ1n) is 6.62. The van der Waals surface area contributed by atoms with Crippen molar-refractivity contribution in [2.24, 2.45) is 11.7 Å². The molecule has 0 saturated carbocycles. The highest BCUT2D eigenvalue weighted by Gasteiger charge is 2.27. The van der Waals surface area contributed by atoms with Gasteiger partial charge in [0, 0.05) is 5.69 Å². The second-order valence-corrected chi connectivity index (χ2v) is 5.51. The van der Waals surface area contributed by atoms with Crippen molar-refractivity contribution in [2.75, 3.05) is 11.9 Å². The van der Waals surface area contributed by atoms with Crippen LogP contribution < -0.4 is 16.4 Å². The summed E-state index contributed by atoms with van der Waals surface area (Å²) in [5.41, 5.74) is 5.95. The minimum Gasteiger partial charge on any atom is -0.366 e. The van der Waals surface area contributed by atoms with Gasteiger partial charge in [0.25, 0.3) is 0 Å². The predicted molar refractivity (Wildman–Crippen MR) is 78.8 cm³/mol. The van der Waals surface area contributed by atoms with Crippen molar-refractivity contribution in [2.45, 2.75) is 25.8 Å². The molecule has 108 valence electrons. The third-order valence-corrected chi connectivity index (χ3v) is 3.88. The molecule has 1 heterocycles. The van der Waals surface area contributed by atoms with E-state index >= 15 is 0 Å². The third-order valence-electron chi connectivity index (χ3n) is 3.55. The lowest BCUT2D eigenvalue weighted by Gasteiger charge is -2.29. The fourth-order valence-electron chi connectivity index (χ4n) is 2.41. The number of rotatable bonds is 3. The molecule has 1 aliphatic rings. The van der Waals surface area contributed by atoms with Gasteiger partial charge in [0.15, 0.2) is 0 Å². The summed E-state index contributed by atoms with van der Waals surface area (Å²) in [6.45, 7) is 2.89. The first-order chi connectivity index (χ1) is 9.49. The molecule has 1 aromatic rings. The van der Waals surface area contributed by atoms with E-state index in [0.717, 1.165) is 19.4 Å². The Labute approximate surface area is 122 Å². The molecule has 0 aliphatic carbocycles. The zero-order chi connectivity index (χ0) is 14.7. The smallest absolute Gasteiger partial charge is 0.250 e. The molecule has 6 heteroatoms. The summed E-state index contributed by atoms with van der Waals surface area (Å²) in [5, 5.41) is 6.28. The molecule has 1 aliphatic heterocycles. The number of amides is 2. The lowest BCUT2D eigenvalue weighted by Crippen LogP contribution is -2.48. The number of primary amides is 1. The van der Waals surface area contributed by atoms with Gasteiger partial charge in [-0.15, -0.1) is 0 Å². The first-order valence-corrected chi connectivity index (χ1v) is 7.00. The molecular formula is C14H18ClN3O2. The number of nitrogens with two attached hydrogens (primary N) is 1. The molecule has 0 spiro atoms. The second-order valence-electron chi connectivity index (χ2n) is 5.10. The largest absolute Gasteiger partial charge is 0.366 e. The number of halogens is 1. The van der Waals surface area contributed by atoms with Gasteiger partial charge in [0.1, 0.15) is 0 Å². The van der Waals surface area contributed by atoms with Crippen LogP contribution in [0, 0.1) is 5.92 Å². The van der Waals surface area contributed by atoms with E-state index in [-0.39, 0.29) is 28.5 Å². The Morgan fingerprint density at radius 2 is 2.20 bits per heavy atom. The maximum atomic E-state index is 12.2. The van der Waals surface area contributed by atoms with E-state index in [0.29, 0.717) is 5.69 Å². The Morgan fingerprint density at radius 1 is 1.45 bits per heavy atom. The number of nitrogens with one attached hydrogen (secondary N) is 2. The van der Waals surface area contributed by atoms with Gasteiger partial charge in [0.2, 0.25) is 11.8 Å². The fraction of sp³-hybridized carbons (Fsp3) is 0.429. The van der Waals surface area contributed by atoms with Crippen molar-refractivity contribution in [3.05, 3.63) is 28.8 Å². The third kappa shape index (κ3) is 3.29. The van der Waals surface area contributed by atoms with Gasteiger partial charge in [-0.25, -0.2) is 0 Å². The monoisotopic (exact) mass is 295 g/mol. The minimum absolute atomic E-state index is 0.102. The molecule has 2 atom stereocenters. The maximum Gasteiger partial charge on any atom is 0.250 e. The average molecular weight is 296 g/mol. The van der Waals surface area contributed by atoms with Gasteiger partial charge in [-0.2, -0.15) is 0 Å². The number of anilines is 1. The number of piperidine rings is 1. The molecule has 20 heavy (non-hydrogen) atoms. The second kappa shape index (κ2) is 6.24. The summed E-state index contributed by atoms with van der Waals surface area (Å²) in [4.78, 5) is 23.4. The molecule has 1 fully saturated rings. The van der Waals surface area contributed by atoms with Crippen LogP contribution in [0.4, 0.5) is 5.69 Å². The lowest BCUT2D eigenvalue weighted by atomic mass is 9.92. The summed E-state index contributed by atoms with van der Waals surface area (Å²) in [6.07, 6.45) is 2.11. The van der Waals surface area contributed by atoms with Crippen molar-refractivity contribution in [3.63, 3.8) is 0 Å². The summed E-state index contributed by atoms with van der Waals surface area (Å²) >= 11 is 5.87. The lowest BCUT2D eigenvalue weighted by molar-refractivity contribution is -0.119. The molecule has 2 rings (SSSR count). The number of carbonyl (C=O) groups excluding carboxylic acids is 2. The Kier molecular flexibility index (Phi) is 4.62. The molecule has 1 aromatic carbocycles. The highest BCUT2D eigenvalue weighted by Crippen LogP contribution is 2.22. The number of hydrogen-bond acceptors (Lipinski definition) is 3. The predicted octanol–water partition coefficient (Wildman–Crippen LogP) is 1.77. The van der Waals surface area contributed by atoms with Gasteiger partial charge in [-0.1, -0.05) is 18.5 Å². The summed E-state index contributed by atoms with van der Waals surface area (Å²) < 4.78 is 0. The van der Waals surface area contributed by atoms with E-state index in [2.05, 4.69) is 10.6 Å². The maximum absolute atomic E-state index is 12.2. The van der Waals surface area contributed by atoms with E-state index in [1.807, 2.05) is 6.92 Å². The summed E-state index contributed by atoms with van der Waals surface area (Å²) in [5.74, 6) is -0.433. The normalized spacial score (nSPS) is 22.3. The molecule has 2 amide bonds. The first kappa shape index (κ1) is 14.8. The minimum atomic E-state index is -0.616. The van der Waals surface area contributed by atoms with Crippen LogP contribution in [0.2, 0.25) is 5.02 Å². The molecule has 5 nitrogen and oxygen atoms in total. The van der Waals surface area contributed by atoms with Crippen molar-refractivity contribution in [3.8, 4) is 0 Å². The topological polar surface area (TPSA) is 84.2 Å². The Bertz CT molecular complexity index is 533. The van der Waals surface area contributed by atoms with Crippen LogP contribution in [0.25, 0.3) is 0 Å². The highest BCUT2D eigenvalue weighted by molar-refractivity contribution is 6.34. The molecular weight excluding hydrogens is 278 g/mol. The molecule has 0 bridgehead atoms. The average Bonchev–Trinajstić information content (AvgIpc) is 2.41. The summed E-state index contributed by atoms with van der Waals surface area (Å²) in [7, 11) is 0. The van der Waals surface area contributed by atoms with Crippen molar-refractivity contribution in [1.29, 1.82) is 0 Å². The molecule has 4 N–H and O–H groups in total. The van der Waals surface area contributed by atoms with Gasteiger partial charge in [0.05, 0.1) is 16.6 Å². The number of hydrogen-bond donors (Lipinski definition) is 3. The highest BCUT2D eigenvalue weighted by atomic mass is 35.5. The van der Waals surface area contributed by atoms with Gasteiger partial charge in [-0.05, 0) is 43.5 Å². The number of carbonyl (C=O) groups is 2. The Hall–Kier alpha value is -1.59. The number of benzene rings is 1. The van der Waals surface area contributed by atoms with Crippen LogP contribution in [-0.4, -0.2) is 24.4 Å². The zero-order valence-electron chi connectivity index (χ0n) is 11.3. The van der Waals surface area contributed by atoms with Crippen LogP contribution in [0.15, 0.2) is 18.2 Å². The SMILES string of the molecule is CC1CCCNC1C(=O)Nc1ccc(Cl)c(C(N)=O)c1. The van der Waals surface area contributed by atoms with Gasteiger partial charge >= 0.3 is 0 Å². The van der Waals surface area contributed by atoms with Gasteiger partial charge in [-0.3, -0.25) is 9.59 Å². The Balaban J connectivity index is 2.11. The van der Waals surface area contributed by atoms with Crippen LogP contribution in [-0.2, 0) is 4.79 Å². The van der Waals surface area contributed by atoms with Crippen molar-refractivity contribution in [1.82, 2.24) is 5.32 Å². The molecule has 0 aromatic heterocycles.